The van der Waals surface area contributed by atoms with Crippen molar-refractivity contribution in [1.82, 2.24) is 10.3 Å². The maximum Gasteiger partial charge on any atom is 0.226 e. The number of piperidine rings is 1. The Bertz CT molecular complexity index is 771. The number of fused-ring (bicyclic) bond motifs is 1. The van der Waals surface area contributed by atoms with E-state index in [0.29, 0.717) is 30.7 Å². The molecule has 0 aliphatic carbocycles. The first-order chi connectivity index (χ1) is 12.8. The highest BCUT2D eigenvalue weighted by atomic mass is 32.1. The van der Waals surface area contributed by atoms with Crippen molar-refractivity contribution in [3.05, 3.63) is 23.6 Å². The number of hydrogen-bond donors (Lipinski definition) is 2. The molecule has 0 radical (unpaired) electrons. The number of rotatable bonds is 5. The fourth-order valence-corrected chi connectivity index (χ4v) is 4.09. The number of thiazole rings is 1. The van der Waals surface area contributed by atoms with E-state index in [-0.39, 0.29) is 5.91 Å². The number of aromatic nitrogens is 1. The van der Waals surface area contributed by atoms with Crippen molar-refractivity contribution in [1.29, 1.82) is 0 Å². The number of carbonyl (C=O) groups excluding carboxylic acids is 1. The number of hydrogen-bond acceptors (Lipinski definition) is 6. The van der Waals surface area contributed by atoms with Crippen molar-refractivity contribution in [3.8, 4) is 22.8 Å². The van der Waals surface area contributed by atoms with Gasteiger partial charge < -0.3 is 20.1 Å². The highest BCUT2D eigenvalue weighted by Crippen LogP contribution is 2.35. The zero-order valence-electron chi connectivity index (χ0n) is 14.6. The van der Waals surface area contributed by atoms with Crippen LogP contribution in [0.5, 0.6) is 11.5 Å². The van der Waals surface area contributed by atoms with Crippen LogP contribution in [-0.4, -0.2) is 37.2 Å². The summed E-state index contributed by atoms with van der Waals surface area (Å²) in [5.74, 6) is 2.22. The molecule has 138 valence electrons. The van der Waals surface area contributed by atoms with Gasteiger partial charge in [-0.2, -0.15) is 0 Å². The first kappa shape index (κ1) is 17.3. The van der Waals surface area contributed by atoms with Gasteiger partial charge in [-0.3, -0.25) is 4.79 Å². The first-order valence-corrected chi connectivity index (χ1v) is 10.0. The molecular formula is C19H23N3O3S. The minimum Gasteiger partial charge on any atom is -0.486 e. The lowest BCUT2D eigenvalue weighted by Gasteiger charge is -2.21. The van der Waals surface area contributed by atoms with Crippen LogP contribution in [0.15, 0.2) is 23.6 Å². The quantitative estimate of drug-likeness (QED) is 0.841. The molecule has 1 fully saturated rings. The number of carbonyl (C=O) groups is 1. The largest absolute Gasteiger partial charge is 0.486 e. The van der Waals surface area contributed by atoms with E-state index < -0.39 is 0 Å². The van der Waals surface area contributed by atoms with Gasteiger partial charge in [0.2, 0.25) is 5.91 Å². The molecule has 0 atom stereocenters. The Morgan fingerprint density at radius 2 is 2.04 bits per heavy atom. The van der Waals surface area contributed by atoms with Crippen LogP contribution in [-0.2, 0) is 4.79 Å². The van der Waals surface area contributed by atoms with Crippen LogP contribution >= 0.6 is 11.3 Å². The molecule has 3 heterocycles. The summed E-state index contributed by atoms with van der Waals surface area (Å²) in [4.78, 5) is 16.7. The van der Waals surface area contributed by atoms with E-state index >= 15 is 0 Å². The molecule has 1 amide bonds. The molecule has 1 aromatic heterocycles. The summed E-state index contributed by atoms with van der Waals surface area (Å²) in [6.45, 7) is 3.28. The fourth-order valence-electron chi connectivity index (χ4n) is 3.35. The second-order valence-corrected chi connectivity index (χ2v) is 7.53. The Kier molecular flexibility index (Phi) is 5.36. The Hall–Kier alpha value is -2.12. The second kappa shape index (κ2) is 8.05. The summed E-state index contributed by atoms with van der Waals surface area (Å²) in [5.41, 5.74) is 1.79. The van der Waals surface area contributed by atoms with Gasteiger partial charge in [0.15, 0.2) is 16.6 Å². The third-order valence-corrected chi connectivity index (χ3v) is 5.58. The Labute approximate surface area is 156 Å². The predicted molar refractivity (Wildman–Crippen MR) is 102 cm³/mol. The molecule has 0 saturated carbocycles. The summed E-state index contributed by atoms with van der Waals surface area (Å²) in [6, 6.07) is 5.80. The maximum atomic E-state index is 12.2. The summed E-state index contributed by atoms with van der Waals surface area (Å²) < 4.78 is 11.2. The number of nitrogens with zero attached hydrogens (tertiary/aromatic N) is 1. The van der Waals surface area contributed by atoms with Gasteiger partial charge in [0.05, 0.1) is 5.69 Å². The van der Waals surface area contributed by atoms with E-state index in [1.54, 1.807) is 0 Å². The van der Waals surface area contributed by atoms with Crippen molar-refractivity contribution in [2.24, 2.45) is 5.92 Å². The summed E-state index contributed by atoms with van der Waals surface area (Å²) >= 11 is 1.45. The standard InChI is InChI=1S/C19H23N3O3S/c23-18(4-1-13-5-7-20-8-6-13)22-19-21-15(12-26-19)14-2-3-16-17(11-14)25-10-9-24-16/h2-3,11-13,20H,1,4-10H2,(H,21,22,23). The van der Waals surface area contributed by atoms with Crippen LogP contribution in [0.2, 0.25) is 0 Å². The third-order valence-electron chi connectivity index (χ3n) is 4.83. The van der Waals surface area contributed by atoms with Crippen LogP contribution in [0.4, 0.5) is 5.13 Å². The van der Waals surface area contributed by atoms with Gasteiger partial charge in [-0.05, 0) is 56.5 Å². The molecule has 2 aliphatic rings. The van der Waals surface area contributed by atoms with Gasteiger partial charge in [0.25, 0.3) is 0 Å². The van der Waals surface area contributed by atoms with Crippen LogP contribution in [0.25, 0.3) is 11.3 Å². The fraction of sp³-hybridized carbons (Fsp3) is 0.474. The minimum absolute atomic E-state index is 0.0478. The molecule has 4 rings (SSSR count). The number of ether oxygens (including phenoxy) is 2. The average Bonchev–Trinajstić information content (AvgIpc) is 3.15. The van der Waals surface area contributed by atoms with Crippen molar-refractivity contribution < 1.29 is 14.3 Å². The van der Waals surface area contributed by atoms with Gasteiger partial charge >= 0.3 is 0 Å². The van der Waals surface area contributed by atoms with Crippen molar-refractivity contribution >= 4 is 22.4 Å². The van der Waals surface area contributed by atoms with E-state index in [0.717, 1.165) is 42.3 Å². The molecule has 1 saturated heterocycles. The van der Waals surface area contributed by atoms with Gasteiger partial charge in [-0.15, -0.1) is 11.3 Å². The molecule has 0 unspecified atom stereocenters. The van der Waals surface area contributed by atoms with Gasteiger partial charge in [-0.1, -0.05) is 0 Å². The Morgan fingerprint density at radius 1 is 1.23 bits per heavy atom. The molecule has 6 nitrogen and oxygen atoms in total. The monoisotopic (exact) mass is 373 g/mol. The molecule has 0 spiro atoms. The van der Waals surface area contributed by atoms with Crippen LogP contribution in [0, 0.1) is 5.92 Å². The van der Waals surface area contributed by atoms with Crippen molar-refractivity contribution in [3.63, 3.8) is 0 Å². The van der Waals surface area contributed by atoms with Crippen molar-refractivity contribution in [2.45, 2.75) is 25.7 Å². The molecule has 26 heavy (non-hydrogen) atoms. The van der Waals surface area contributed by atoms with E-state index in [1.807, 2.05) is 23.6 Å². The lowest BCUT2D eigenvalue weighted by Crippen LogP contribution is -2.28. The predicted octanol–water partition coefficient (Wildman–Crippen LogP) is 3.30. The van der Waals surface area contributed by atoms with Gasteiger partial charge in [-0.25, -0.2) is 4.98 Å². The molecular weight excluding hydrogens is 350 g/mol. The molecule has 2 N–H and O–H groups in total. The van der Waals surface area contributed by atoms with Gasteiger partial charge in [0, 0.05) is 17.4 Å². The second-order valence-electron chi connectivity index (χ2n) is 6.68. The normalized spacial score (nSPS) is 17.1. The molecule has 0 bridgehead atoms. The smallest absolute Gasteiger partial charge is 0.226 e. The van der Waals surface area contributed by atoms with E-state index in [1.165, 1.54) is 24.2 Å². The van der Waals surface area contributed by atoms with E-state index in [2.05, 4.69) is 15.6 Å². The number of benzene rings is 1. The summed E-state index contributed by atoms with van der Waals surface area (Å²) in [5, 5.41) is 8.88. The van der Waals surface area contributed by atoms with Crippen LogP contribution in [0.1, 0.15) is 25.7 Å². The minimum atomic E-state index is 0.0478. The van der Waals surface area contributed by atoms with E-state index in [4.69, 9.17) is 9.47 Å². The Balaban J connectivity index is 1.34. The number of anilines is 1. The highest BCUT2D eigenvalue weighted by Gasteiger charge is 2.16. The Morgan fingerprint density at radius 3 is 2.88 bits per heavy atom. The topological polar surface area (TPSA) is 72.5 Å². The van der Waals surface area contributed by atoms with Crippen LogP contribution in [0.3, 0.4) is 0 Å². The summed E-state index contributed by atoms with van der Waals surface area (Å²) in [6.07, 6.45) is 3.84. The zero-order valence-corrected chi connectivity index (χ0v) is 15.4. The SMILES string of the molecule is O=C(CCC1CCNCC1)Nc1nc(-c2ccc3c(c2)OCCO3)cs1. The summed E-state index contributed by atoms with van der Waals surface area (Å²) in [7, 11) is 0. The number of amides is 1. The highest BCUT2D eigenvalue weighted by molar-refractivity contribution is 7.14. The zero-order chi connectivity index (χ0) is 17.8. The average molecular weight is 373 g/mol. The van der Waals surface area contributed by atoms with Crippen molar-refractivity contribution in [2.75, 3.05) is 31.6 Å². The first-order valence-electron chi connectivity index (χ1n) is 9.14. The third kappa shape index (κ3) is 4.16. The molecule has 2 aliphatic heterocycles. The maximum absolute atomic E-state index is 12.2. The number of nitrogens with one attached hydrogen (secondary N) is 2. The molecule has 1 aromatic carbocycles. The van der Waals surface area contributed by atoms with Gasteiger partial charge in [0.1, 0.15) is 13.2 Å². The lowest BCUT2D eigenvalue weighted by atomic mass is 9.93. The van der Waals surface area contributed by atoms with E-state index in [9.17, 15) is 4.79 Å². The lowest BCUT2D eigenvalue weighted by molar-refractivity contribution is -0.116. The molecule has 7 heteroatoms. The molecule has 2 aromatic rings. The van der Waals surface area contributed by atoms with Crippen LogP contribution < -0.4 is 20.1 Å².